The van der Waals surface area contributed by atoms with Crippen molar-refractivity contribution in [3.63, 3.8) is 0 Å². The van der Waals surface area contributed by atoms with E-state index >= 15 is 0 Å². The van der Waals surface area contributed by atoms with Gasteiger partial charge in [-0.25, -0.2) is 8.42 Å². The summed E-state index contributed by atoms with van der Waals surface area (Å²) in [5.41, 5.74) is 14.2. The first-order valence-corrected chi connectivity index (χ1v) is 8.11. The summed E-state index contributed by atoms with van der Waals surface area (Å²) in [7, 11) is -3.22. The van der Waals surface area contributed by atoms with Gasteiger partial charge >= 0.3 is 0 Å². The number of rotatable bonds is 6. The Labute approximate surface area is 115 Å². The summed E-state index contributed by atoms with van der Waals surface area (Å²) < 4.78 is 23.5. The van der Waals surface area contributed by atoms with Crippen molar-refractivity contribution in [3.8, 4) is 0 Å². The standard InChI is InChI=1S/C13H23N3O2S/c1-4-16(9-13(15)19(17,18)5-2)11-6-7-12(14)10(3)8-11/h6-8,13H,4-5,9,14-15H2,1-3H3. The summed E-state index contributed by atoms with van der Waals surface area (Å²) in [4.78, 5) is 1.95. The highest BCUT2D eigenvalue weighted by molar-refractivity contribution is 7.91. The van der Waals surface area contributed by atoms with Gasteiger partial charge in [-0.15, -0.1) is 0 Å². The maximum atomic E-state index is 11.7. The Balaban J connectivity index is 2.92. The molecule has 1 aromatic rings. The van der Waals surface area contributed by atoms with E-state index in [1.54, 1.807) is 6.92 Å². The van der Waals surface area contributed by atoms with Gasteiger partial charge in [0.1, 0.15) is 5.37 Å². The lowest BCUT2D eigenvalue weighted by Gasteiger charge is -2.26. The molecule has 0 heterocycles. The van der Waals surface area contributed by atoms with E-state index in [0.717, 1.165) is 16.9 Å². The molecule has 0 aliphatic heterocycles. The molecular formula is C13H23N3O2S. The lowest BCUT2D eigenvalue weighted by atomic mass is 10.1. The third-order valence-corrected chi connectivity index (χ3v) is 5.14. The van der Waals surface area contributed by atoms with Crippen molar-refractivity contribution in [2.45, 2.75) is 26.1 Å². The molecule has 0 fully saturated rings. The number of anilines is 2. The molecule has 1 rings (SSSR count). The Hall–Kier alpha value is -1.27. The van der Waals surface area contributed by atoms with Crippen LogP contribution < -0.4 is 16.4 Å². The van der Waals surface area contributed by atoms with Crippen LogP contribution >= 0.6 is 0 Å². The molecule has 0 saturated carbocycles. The zero-order valence-corrected chi connectivity index (χ0v) is 12.6. The fourth-order valence-electron chi connectivity index (χ4n) is 1.82. The van der Waals surface area contributed by atoms with Crippen molar-refractivity contribution in [2.75, 3.05) is 29.5 Å². The molecule has 0 aromatic heterocycles. The number of benzene rings is 1. The summed E-state index contributed by atoms with van der Waals surface area (Å²) >= 11 is 0. The first-order valence-electron chi connectivity index (χ1n) is 6.40. The summed E-state index contributed by atoms with van der Waals surface area (Å²) in [6, 6.07) is 5.66. The van der Waals surface area contributed by atoms with E-state index < -0.39 is 15.2 Å². The number of aryl methyl sites for hydroxylation is 1. The van der Waals surface area contributed by atoms with Gasteiger partial charge in [0.25, 0.3) is 0 Å². The van der Waals surface area contributed by atoms with E-state index in [-0.39, 0.29) is 12.3 Å². The third-order valence-electron chi connectivity index (χ3n) is 3.26. The molecule has 5 nitrogen and oxygen atoms in total. The van der Waals surface area contributed by atoms with Gasteiger partial charge in [-0.3, -0.25) is 0 Å². The smallest absolute Gasteiger partial charge is 0.167 e. The highest BCUT2D eigenvalue weighted by atomic mass is 32.2. The van der Waals surface area contributed by atoms with Gasteiger partial charge in [0.15, 0.2) is 9.84 Å². The van der Waals surface area contributed by atoms with Crippen molar-refractivity contribution in [3.05, 3.63) is 23.8 Å². The first kappa shape index (κ1) is 15.8. The molecule has 0 bridgehead atoms. The van der Waals surface area contributed by atoms with Crippen molar-refractivity contribution < 1.29 is 8.42 Å². The van der Waals surface area contributed by atoms with Gasteiger partial charge in [-0.1, -0.05) is 6.92 Å². The highest BCUT2D eigenvalue weighted by Gasteiger charge is 2.21. The monoisotopic (exact) mass is 285 g/mol. The van der Waals surface area contributed by atoms with Crippen molar-refractivity contribution in [1.82, 2.24) is 0 Å². The van der Waals surface area contributed by atoms with Gasteiger partial charge in [0, 0.05) is 30.2 Å². The summed E-state index contributed by atoms with van der Waals surface area (Å²) in [5.74, 6) is 0.0620. The Bertz CT molecular complexity index is 529. The van der Waals surface area contributed by atoms with Crippen LogP contribution in [0.5, 0.6) is 0 Å². The Kier molecular flexibility index (Phi) is 5.20. The molecule has 0 radical (unpaired) electrons. The fourth-order valence-corrected chi connectivity index (χ4v) is 2.65. The SMILES string of the molecule is CCN(CC(N)S(=O)(=O)CC)c1ccc(N)c(C)c1. The number of nitrogens with zero attached hydrogens (tertiary/aromatic N) is 1. The predicted octanol–water partition coefficient (Wildman–Crippen LogP) is 1.12. The number of likely N-dealkylation sites (N-methyl/N-ethyl adjacent to an activating group) is 1. The summed E-state index contributed by atoms with van der Waals surface area (Å²) in [5, 5.41) is -0.865. The van der Waals surface area contributed by atoms with Gasteiger partial charge in [-0.05, 0) is 37.6 Å². The van der Waals surface area contributed by atoms with Crippen LogP contribution in [0.1, 0.15) is 19.4 Å². The minimum Gasteiger partial charge on any atom is -0.399 e. The van der Waals surface area contributed by atoms with E-state index in [2.05, 4.69) is 0 Å². The molecule has 1 atom stereocenters. The summed E-state index contributed by atoms with van der Waals surface area (Å²) in [6.07, 6.45) is 0. The van der Waals surface area contributed by atoms with Gasteiger partial charge in [-0.2, -0.15) is 0 Å². The van der Waals surface area contributed by atoms with Crippen LogP contribution in [0.3, 0.4) is 0 Å². The van der Waals surface area contributed by atoms with Crippen molar-refractivity contribution in [2.24, 2.45) is 5.73 Å². The molecule has 1 unspecified atom stereocenters. The van der Waals surface area contributed by atoms with E-state index in [0.29, 0.717) is 6.54 Å². The van der Waals surface area contributed by atoms with Gasteiger partial charge < -0.3 is 16.4 Å². The fraction of sp³-hybridized carbons (Fsp3) is 0.538. The van der Waals surface area contributed by atoms with Gasteiger partial charge in [0.2, 0.25) is 0 Å². The molecule has 1 aromatic carbocycles. The topological polar surface area (TPSA) is 89.4 Å². The number of hydrogen-bond acceptors (Lipinski definition) is 5. The second-order valence-corrected chi connectivity index (χ2v) is 7.08. The van der Waals surface area contributed by atoms with Gasteiger partial charge in [0.05, 0.1) is 0 Å². The zero-order valence-electron chi connectivity index (χ0n) is 11.8. The number of hydrogen-bond donors (Lipinski definition) is 2. The average Bonchev–Trinajstić information content (AvgIpc) is 2.38. The molecular weight excluding hydrogens is 262 g/mol. The minimum absolute atomic E-state index is 0.0620. The molecule has 0 spiro atoms. The van der Waals surface area contributed by atoms with Crippen molar-refractivity contribution >= 4 is 21.2 Å². The molecule has 0 amide bonds. The molecule has 6 heteroatoms. The second-order valence-electron chi connectivity index (χ2n) is 4.57. The normalized spacial score (nSPS) is 13.3. The maximum absolute atomic E-state index is 11.7. The Morgan fingerprint density at radius 1 is 1.32 bits per heavy atom. The van der Waals surface area contributed by atoms with E-state index in [4.69, 9.17) is 11.5 Å². The Morgan fingerprint density at radius 2 is 1.95 bits per heavy atom. The summed E-state index contributed by atoms with van der Waals surface area (Å²) in [6.45, 7) is 6.48. The lowest BCUT2D eigenvalue weighted by Crippen LogP contribution is -2.43. The molecule has 0 aliphatic rings. The average molecular weight is 285 g/mol. The largest absolute Gasteiger partial charge is 0.399 e. The predicted molar refractivity (Wildman–Crippen MR) is 80.9 cm³/mol. The lowest BCUT2D eigenvalue weighted by molar-refractivity contribution is 0.579. The van der Waals surface area contributed by atoms with E-state index in [9.17, 15) is 8.42 Å². The zero-order chi connectivity index (χ0) is 14.6. The molecule has 19 heavy (non-hydrogen) atoms. The minimum atomic E-state index is -3.22. The number of nitrogens with two attached hydrogens (primary N) is 2. The maximum Gasteiger partial charge on any atom is 0.167 e. The second kappa shape index (κ2) is 6.25. The van der Waals surface area contributed by atoms with Crippen LogP contribution in [0.4, 0.5) is 11.4 Å². The molecule has 0 saturated heterocycles. The number of sulfone groups is 1. The quantitative estimate of drug-likeness (QED) is 0.765. The van der Waals surface area contributed by atoms with Crippen LogP contribution in [-0.2, 0) is 9.84 Å². The third kappa shape index (κ3) is 3.84. The Morgan fingerprint density at radius 3 is 2.42 bits per heavy atom. The van der Waals surface area contributed by atoms with Crippen LogP contribution in [0.15, 0.2) is 18.2 Å². The molecule has 108 valence electrons. The van der Waals surface area contributed by atoms with Crippen LogP contribution in [-0.4, -0.2) is 32.6 Å². The number of nitrogen functional groups attached to an aromatic ring is 1. The van der Waals surface area contributed by atoms with E-state index in [1.807, 2.05) is 36.9 Å². The first-order chi connectivity index (χ1) is 8.81. The van der Waals surface area contributed by atoms with Crippen LogP contribution in [0.2, 0.25) is 0 Å². The van der Waals surface area contributed by atoms with Crippen molar-refractivity contribution in [1.29, 1.82) is 0 Å². The van der Waals surface area contributed by atoms with Crippen LogP contribution in [0.25, 0.3) is 0 Å². The van der Waals surface area contributed by atoms with E-state index in [1.165, 1.54) is 0 Å². The van der Waals surface area contributed by atoms with Crippen LogP contribution in [0, 0.1) is 6.92 Å². The molecule has 0 aliphatic carbocycles. The highest BCUT2D eigenvalue weighted by Crippen LogP contribution is 2.21. The molecule has 4 N–H and O–H groups in total.